The zero-order valence-corrected chi connectivity index (χ0v) is 10.1. The topological polar surface area (TPSA) is 12.0 Å². The Morgan fingerprint density at radius 2 is 2.21 bits per heavy atom. The maximum Gasteiger partial charge on any atom is 0.0487 e. The standard InChI is InChI=1S/C12H14BrN/c1-3-4-5-9-14-11-8-6-7-10(2)12(11)13/h6-8,14H,5,9H2,1-2H3. The molecule has 0 heterocycles. The number of nitrogens with one attached hydrogen (secondary N) is 1. The Kier molecular flexibility index (Phi) is 4.55. The van der Waals surface area contributed by atoms with Gasteiger partial charge in [0.2, 0.25) is 0 Å². The summed E-state index contributed by atoms with van der Waals surface area (Å²) in [5.41, 5.74) is 2.39. The molecule has 74 valence electrons. The van der Waals surface area contributed by atoms with Crippen molar-refractivity contribution in [3.05, 3.63) is 28.2 Å². The van der Waals surface area contributed by atoms with Crippen LogP contribution in [0.25, 0.3) is 0 Å². The Labute approximate surface area is 94.0 Å². The monoisotopic (exact) mass is 251 g/mol. The quantitative estimate of drug-likeness (QED) is 0.640. The van der Waals surface area contributed by atoms with Crippen LogP contribution < -0.4 is 5.32 Å². The van der Waals surface area contributed by atoms with Crippen LogP contribution in [0.2, 0.25) is 0 Å². The van der Waals surface area contributed by atoms with Gasteiger partial charge in [0.15, 0.2) is 0 Å². The van der Waals surface area contributed by atoms with Crippen molar-refractivity contribution >= 4 is 21.6 Å². The second kappa shape index (κ2) is 5.72. The van der Waals surface area contributed by atoms with Gasteiger partial charge < -0.3 is 5.32 Å². The first-order valence-electron chi connectivity index (χ1n) is 4.64. The average molecular weight is 252 g/mol. The van der Waals surface area contributed by atoms with E-state index in [9.17, 15) is 0 Å². The summed E-state index contributed by atoms with van der Waals surface area (Å²) in [6.45, 7) is 4.84. The molecular weight excluding hydrogens is 238 g/mol. The number of aryl methyl sites for hydroxylation is 1. The average Bonchev–Trinajstić information content (AvgIpc) is 2.19. The normalized spacial score (nSPS) is 9.07. The second-order valence-electron chi connectivity index (χ2n) is 3.04. The van der Waals surface area contributed by atoms with Crippen LogP contribution in [0.1, 0.15) is 18.9 Å². The summed E-state index contributed by atoms with van der Waals surface area (Å²) in [7, 11) is 0. The fourth-order valence-corrected chi connectivity index (χ4v) is 1.57. The molecule has 0 fully saturated rings. The Bertz CT molecular complexity index is 360. The molecule has 0 unspecified atom stereocenters. The summed E-state index contributed by atoms with van der Waals surface area (Å²) in [4.78, 5) is 0. The third kappa shape index (κ3) is 3.08. The van der Waals surface area contributed by atoms with Crippen LogP contribution in [0.5, 0.6) is 0 Å². The predicted octanol–water partition coefficient (Wildman–Crippen LogP) is 3.58. The molecule has 1 nitrogen and oxygen atoms in total. The number of rotatable bonds is 3. The lowest BCUT2D eigenvalue weighted by Crippen LogP contribution is -2.01. The van der Waals surface area contributed by atoms with Crippen LogP contribution in [-0.2, 0) is 0 Å². The van der Waals surface area contributed by atoms with Gasteiger partial charge in [-0.3, -0.25) is 0 Å². The lowest BCUT2D eigenvalue weighted by Gasteiger charge is -2.08. The molecular formula is C12H14BrN. The van der Waals surface area contributed by atoms with Gasteiger partial charge in [0.25, 0.3) is 0 Å². The van der Waals surface area contributed by atoms with E-state index in [4.69, 9.17) is 0 Å². The molecule has 0 aliphatic rings. The van der Waals surface area contributed by atoms with E-state index in [2.05, 4.69) is 52.1 Å². The number of anilines is 1. The van der Waals surface area contributed by atoms with Crippen molar-refractivity contribution in [2.45, 2.75) is 20.3 Å². The molecule has 1 aromatic carbocycles. The first-order chi connectivity index (χ1) is 6.75. The van der Waals surface area contributed by atoms with E-state index >= 15 is 0 Å². The molecule has 0 aliphatic heterocycles. The summed E-state index contributed by atoms with van der Waals surface area (Å²) in [6, 6.07) is 6.20. The molecule has 0 bridgehead atoms. The summed E-state index contributed by atoms with van der Waals surface area (Å²) in [5, 5.41) is 3.34. The molecule has 0 amide bonds. The smallest absolute Gasteiger partial charge is 0.0487 e. The molecule has 0 saturated heterocycles. The summed E-state index contributed by atoms with van der Waals surface area (Å²) in [5.74, 6) is 5.90. The summed E-state index contributed by atoms with van der Waals surface area (Å²) < 4.78 is 1.14. The van der Waals surface area contributed by atoms with Gasteiger partial charge in [0.05, 0.1) is 0 Å². The van der Waals surface area contributed by atoms with Crippen molar-refractivity contribution in [3.63, 3.8) is 0 Å². The highest BCUT2D eigenvalue weighted by atomic mass is 79.9. The van der Waals surface area contributed by atoms with Crippen molar-refractivity contribution in [3.8, 4) is 11.8 Å². The van der Waals surface area contributed by atoms with E-state index in [0.717, 1.165) is 23.1 Å². The largest absolute Gasteiger partial charge is 0.383 e. The Balaban J connectivity index is 2.57. The van der Waals surface area contributed by atoms with Crippen molar-refractivity contribution in [2.75, 3.05) is 11.9 Å². The van der Waals surface area contributed by atoms with E-state index in [1.807, 2.05) is 13.0 Å². The zero-order chi connectivity index (χ0) is 10.4. The molecule has 1 rings (SSSR count). The molecule has 0 aliphatic carbocycles. The van der Waals surface area contributed by atoms with E-state index in [0.29, 0.717) is 0 Å². The van der Waals surface area contributed by atoms with Gasteiger partial charge >= 0.3 is 0 Å². The second-order valence-corrected chi connectivity index (χ2v) is 3.83. The van der Waals surface area contributed by atoms with Crippen LogP contribution in [0, 0.1) is 18.8 Å². The summed E-state index contributed by atoms with van der Waals surface area (Å²) in [6.07, 6.45) is 0.886. The third-order valence-electron chi connectivity index (χ3n) is 1.93. The van der Waals surface area contributed by atoms with Crippen LogP contribution >= 0.6 is 15.9 Å². The molecule has 0 aromatic heterocycles. The molecule has 0 atom stereocenters. The predicted molar refractivity (Wildman–Crippen MR) is 65.4 cm³/mol. The van der Waals surface area contributed by atoms with E-state index in [1.54, 1.807) is 0 Å². The highest BCUT2D eigenvalue weighted by Crippen LogP contribution is 2.25. The van der Waals surface area contributed by atoms with E-state index in [-0.39, 0.29) is 0 Å². The van der Waals surface area contributed by atoms with Gasteiger partial charge in [-0.15, -0.1) is 11.8 Å². The SMILES string of the molecule is CC#CCCNc1cccc(C)c1Br. The van der Waals surface area contributed by atoms with Gasteiger partial charge in [-0.2, -0.15) is 0 Å². The van der Waals surface area contributed by atoms with Crippen molar-refractivity contribution in [1.29, 1.82) is 0 Å². The van der Waals surface area contributed by atoms with Crippen LogP contribution in [0.4, 0.5) is 5.69 Å². The van der Waals surface area contributed by atoms with E-state index in [1.165, 1.54) is 5.56 Å². The van der Waals surface area contributed by atoms with Crippen LogP contribution in [0.3, 0.4) is 0 Å². The van der Waals surface area contributed by atoms with Crippen LogP contribution in [-0.4, -0.2) is 6.54 Å². The lowest BCUT2D eigenvalue weighted by molar-refractivity contribution is 1.09. The highest BCUT2D eigenvalue weighted by Gasteiger charge is 1.99. The minimum absolute atomic E-state index is 0.886. The van der Waals surface area contributed by atoms with Gasteiger partial charge in [0, 0.05) is 23.1 Å². The van der Waals surface area contributed by atoms with Crippen molar-refractivity contribution in [2.24, 2.45) is 0 Å². The van der Waals surface area contributed by atoms with Gasteiger partial charge in [-0.25, -0.2) is 0 Å². The molecule has 0 radical (unpaired) electrons. The molecule has 0 saturated carbocycles. The first kappa shape index (κ1) is 11.1. The maximum atomic E-state index is 3.55. The zero-order valence-electron chi connectivity index (χ0n) is 8.52. The Hall–Kier alpha value is -0.940. The first-order valence-corrected chi connectivity index (χ1v) is 5.43. The molecule has 2 heteroatoms. The lowest BCUT2D eigenvalue weighted by atomic mass is 10.2. The highest BCUT2D eigenvalue weighted by molar-refractivity contribution is 9.10. The summed E-state index contributed by atoms with van der Waals surface area (Å²) >= 11 is 3.55. The molecule has 0 spiro atoms. The fraction of sp³-hybridized carbons (Fsp3) is 0.333. The maximum absolute atomic E-state index is 3.55. The number of benzene rings is 1. The number of hydrogen-bond acceptors (Lipinski definition) is 1. The van der Waals surface area contributed by atoms with Gasteiger partial charge in [-0.05, 0) is 41.4 Å². The Morgan fingerprint density at radius 1 is 1.43 bits per heavy atom. The molecule has 14 heavy (non-hydrogen) atoms. The van der Waals surface area contributed by atoms with Gasteiger partial charge in [-0.1, -0.05) is 12.1 Å². The van der Waals surface area contributed by atoms with Crippen molar-refractivity contribution < 1.29 is 0 Å². The third-order valence-corrected chi connectivity index (χ3v) is 2.99. The van der Waals surface area contributed by atoms with Crippen molar-refractivity contribution in [1.82, 2.24) is 0 Å². The van der Waals surface area contributed by atoms with Gasteiger partial charge in [0.1, 0.15) is 0 Å². The molecule has 1 N–H and O–H groups in total. The Morgan fingerprint density at radius 3 is 2.93 bits per heavy atom. The number of hydrogen-bond donors (Lipinski definition) is 1. The minimum atomic E-state index is 0.886. The van der Waals surface area contributed by atoms with Crippen LogP contribution in [0.15, 0.2) is 22.7 Å². The van der Waals surface area contributed by atoms with E-state index < -0.39 is 0 Å². The molecule has 1 aromatic rings. The minimum Gasteiger partial charge on any atom is -0.383 e. The fourth-order valence-electron chi connectivity index (χ4n) is 1.17. The number of halogens is 1.